The van der Waals surface area contributed by atoms with Crippen LogP contribution in [0.5, 0.6) is 0 Å². The highest BCUT2D eigenvalue weighted by Gasteiger charge is 2.28. The first kappa shape index (κ1) is 13.5. The first-order chi connectivity index (χ1) is 11.2. The van der Waals surface area contributed by atoms with Gasteiger partial charge in [0.05, 0.1) is 16.9 Å². The summed E-state index contributed by atoms with van der Waals surface area (Å²) in [4.78, 5) is 30.6. The fourth-order valence-electron chi connectivity index (χ4n) is 2.74. The normalized spacial score (nSPS) is 13.6. The number of fused-ring (bicyclic) bond motifs is 2. The topological polar surface area (TPSA) is 62.3 Å². The molecule has 5 nitrogen and oxygen atoms in total. The number of anilines is 2. The number of hydrogen-bond acceptors (Lipinski definition) is 3. The van der Waals surface area contributed by atoms with Crippen LogP contribution in [0.4, 0.5) is 11.4 Å². The van der Waals surface area contributed by atoms with E-state index in [-0.39, 0.29) is 18.4 Å². The number of carbonyl (C=O) groups is 2. The molecule has 0 radical (unpaired) electrons. The van der Waals surface area contributed by atoms with Crippen LogP contribution in [0.2, 0.25) is 0 Å². The van der Waals surface area contributed by atoms with Gasteiger partial charge in [0.25, 0.3) is 5.91 Å². The van der Waals surface area contributed by atoms with Crippen molar-refractivity contribution in [1.29, 1.82) is 0 Å². The number of rotatable bonds is 1. The predicted molar refractivity (Wildman–Crippen MR) is 88.5 cm³/mol. The third-order valence-corrected chi connectivity index (χ3v) is 3.83. The van der Waals surface area contributed by atoms with E-state index in [9.17, 15) is 9.59 Å². The van der Waals surface area contributed by atoms with Crippen molar-refractivity contribution in [2.75, 3.05) is 16.8 Å². The lowest BCUT2D eigenvalue weighted by Gasteiger charge is -2.28. The number of benzene rings is 2. The molecule has 1 aliphatic rings. The average Bonchev–Trinajstić information content (AvgIpc) is 2.60. The van der Waals surface area contributed by atoms with Gasteiger partial charge in [-0.15, -0.1) is 0 Å². The molecule has 0 spiro atoms. The molecule has 2 amide bonds. The molecular formula is C18H13N3O2. The Morgan fingerprint density at radius 2 is 1.78 bits per heavy atom. The molecule has 1 N–H and O–H groups in total. The predicted octanol–water partition coefficient (Wildman–Crippen LogP) is 2.83. The molecule has 0 saturated carbocycles. The molecule has 0 aliphatic carbocycles. The number of aromatic nitrogens is 1. The second kappa shape index (κ2) is 5.21. The van der Waals surface area contributed by atoms with Crippen molar-refractivity contribution < 1.29 is 9.59 Å². The summed E-state index contributed by atoms with van der Waals surface area (Å²) in [6.45, 7) is -0.00957. The summed E-state index contributed by atoms with van der Waals surface area (Å²) in [5.41, 5.74) is 2.41. The van der Waals surface area contributed by atoms with Crippen LogP contribution in [0.1, 0.15) is 10.5 Å². The maximum Gasteiger partial charge on any atom is 0.277 e. The molecule has 0 atom stereocenters. The number of para-hydroxylation sites is 3. The highest BCUT2D eigenvalue weighted by Crippen LogP contribution is 2.30. The zero-order valence-electron chi connectivity index (χ0n) is 12.2. The van der Waals surface area contributed by atoms with Crippen LogP contribution in [0.15, 0.2) is 60.7 Å². The monoisotopic (exact) mass is 303 g/mol. The van der Waals surface area contributed by atoms with Crippen molar-refractivity contribution in [2.45, 2.75) is 0 Å². The summed E-state index contributed by atoms with van der Waals surface area (Å²) >= 11 is 0. The van der Waals surface area contributed by atoms with Gasteiger partial charge in [0.15, 0.2) is 0 Å². The second-order valence-corrected chi connectivity index (χ2v) is 5.35. The van der Waals surface area contributed by atoms with Crippen LogP contribution < -0.4 is 10.2 Å². The minimum absolute atomic E-state index is 0.00957. The maximum atomic E-state index is 12.8. The number of carbonyl (C=O) groups excluding carboxylic acids is 2. The summed E-state index contributed by atoms with van der Waals surface area (Å²) in [7, 11) is 0. The summed E-state index contributed by atoms with van der Waals surface area (Å²) in [5.74, 6) is -0.490. The van der Waals surface area contributed by atoms with E-state index in [1.807, 2.05) is 48.5 Å². The molecular weight excluding hydrogens is 290 g/mol. The smallest absolute Gasteiger partial charge is 0.277 e. The zero-order chi connectivity index (χ0) is 15.8. The maximum absolute atomic E-state index is 12.8. The minimum atomic E-state index is -0.280. The number of hydrogen-bond donors (Lipinski definition) is 1. The Bertz CT molecular complexity index is 936. The van der Waals surface area contributed by atoms with E-state index >= 15 is 0 Å². The van der Waals surface area contributed by atoms with Crippen molar-refractivity contribution in [3.05, 3.63) is 66.4 Å². The Labute approximate surface area is 132 Å². The molecule has 0 unspecified atom stereocenters. The van der Waals surface area contributed by atoms with Crippen molar-refractivity contribution in [3.8, 4) is 0 Å². The highest BCUT2D eigenvalue weighted by atomic mass is 16.2. The zero-order valence-corrected chi connectivity index (χ0v) is 12.2. The van der Waals surface area contributed by atoms with Gasteiger partial charge in [0.1, 0.15) is 12.2 Å². The van der Waals surface area contributed by atoms with Crippen LogP contribution >= 0.6 is 0 Å². The SMILES string of the molecule is O=C1CN(C(=O)c2ccc3ccccc3n2)c2ccccc2N1. The van der Waals surface area contributed by atoms with Gasteiger partial charge in [-0.3, -0.25) is 14.5 Å². The molecule has 0 saturated heterocycles. The largest absolute Gasteiger partial charge is 0.323 e. The van der Waals surface area contributed by atoms with Gasteiger partial charge in [-0.05, 0) is 24.3 Å². The molecule has 0 fully saturated rings. The van der Waals surface area contributed by atoms with E-state index in [1.54, 1.807) is 12.1 Å². The van der Waals surface area contributed by atoms with Gasteiger partial charge in [-0.1, -0.05) is 36.4 Å². The quantitative estimate of drug-likeness (QED) is 0.752. The third kappa shape index (κ3) is 2.32. The van der Waals surface area contributed by atoms with Crippen LogP contribution in [-0.4, -0.2) is 23.3 Å². The lowest BCUT2D eigenvalue weighted by Crippen LogP contribution is -2.42. The Kier molecular flexibility index (Phi) is 3.05. The minimum Gasteiger partial charge on any atom is -0.323 e. The highest BCUT2D eigenvalue weighted by molar-refractivity contribution is 6.14. The molecule has 0 bridgehead atoms. The Hall–Kier alpha value is -3.21. The van der Waals surface area contributed by atoms with Crippen molar-refractivity contribution in [2.24, 2.45) is 0 Å². The van der Waals surface area contributed by atoms with Crippen molar-refractivity contribution >= 4 is 34.1 Å². The Morgan fingerprint density at radius 3 is 2.70 bits per heavy atom. The summed E-state index contributed by atoms with van der Waals surface area (Å²) in [6, 6.07) is 18.4. The molecule has 3 aromatic rings. The number of nitrogens with zero attached hydrogens (tertiary/aromatic N) is 2. The molecule has 23 heavy (non-hydrogen) atoms. The Morgan fingerprint density at radius 1 is 1.00 bits per heavy atom. The fourth-order valence-corrected chi connectivity index (χ4v) is 2.74. The molecule has 1 aromatic heterocycles. The number of pyridine rings is 1. The van der Waals surface area contributed by atoms with Gasteiger partial charge in [-0.2, -0.15) is 0 Å². The molecule has 4 rings (SSSR count). The van der Waals surface area contributed by atoms with Crippen LogP contribution in [0, 0.1) is 0 Å². The van der Waals surface area contributed by atoms with Crippen LogP contribution in [-0.2, 0) is 4.79 Å². The lowest BCUT2D eigenvalue weighted by atomic mass is 10.1. The van der Waals surface area contributed by atoms with E-state index in [0.717, 1.165) is 10.9 Å². The molecule has 5 heteroatoms. The van der Waals surface area contributed by atoms with Gasteiger partial charge in [0.2, 0.25) is 5.91 Å². The molecule has 2 aromatic carbocycles. The van der Waals surface area contributed by atoms with E-state index in [2.05, 4.69) is 10.3 Å². The average molecular weight is 303 g/mol. The first-order valence-corrected chi connectivity index (χ1v) is 7.29. The molecule has 112 valence electrons. The van der Waals surface area contributed by atoms with E-state index in [4.69, 9.17) is 0 Å². The number of nitrogens with one attached hydrogen (secondary N) is 1. The Balaban J connectivity index is 1.77. The second-order valence-electron chi connectivity index (χ2n) is 5.35. The summed E-state index contributed by atoms with van der Waals surface area (Å²) in [6.07, 6.45) is 0. The first-order valence-electron chi connectivity index (χ1n) is 7.29. The summed E-state index contributed by atoms with van der Waals surface area (Å²) < 4.78 is 0. The standard InChI is InChI=1S/C18H13N3O2/c22-17-11-21(16-8-4-3-7-14(16)20-17)18(23)15-10-9-12-5-1-2-6-13(12)19-15/h1-10H,11H2,(H,20,22). The van der Waals surface area contributed by atoms with Gasteiger partial charge in [-0.25, -0.2) is 4.98 Å². The summed E-state index contributed by atoms with van der Waals surface area (Å²) in [5, 5.41) is 3.75. The van der Waals surface area contributed by atoms with Crippen molar-refractivity contribution in [1.82, 2.24) is 4.98 Å². The van der Waals surface area contributed by atoms with E-state index < -0.39 is 0 Å². The molecule has 2 heterocycles. The van der Waals surface area contributed by atoms with Crippen LogP contribution in [0.3, 0.4) is 0 Å². The van der Waals surface area contributed by atoms with Gasteiger partial charge in [0, 0.05) is 5.39 Å². The van der Waals surface area contributed by atoms with Gasteiger partial charge >= 0.3 is 0 Å². The number of amides is 2. The van der Waals surface area contributed by atoms with Gasteiger partial charge < -0.3 is 5.32 Å². The molecule has 1 aliphatic heterocycles. The van der Waals surface area contributed by atoms with Crippen molar-refractivity contribution in [3.63, 3.8) is 0 Å². The lowest BCUT2D eigenvalue weighted by molar-refractivity contribution is -0.115. The van der Waals surface area contributed by atoms with E-state index in [0.29, 0.717) is 17.1 Å². The fraction of sp³-hybridized carbons (Fsp3) is 0.0556. The van der Waals surface area contributed by atoms with Crippen LogP contribution in [0.25, 0.3) is 10.9 Å². The van der Waals surface area contributed by atoms with E-state index in [1.165, 1.54) is 4.90 Å². The third-order valence-electron chi connectivity index (χ3n) is 3.83.